The number of rotatable bonds is 3. The molecular weight excluding hydrogens is 336 g/mol. The summed E-state index contributed by atoms with van der Waals surface area (Å²) in [6, 6.07) is 3.29. The highest BCUT2D eigenvalue weighted by Gasteiger charge is 2.40. The predicted octanol–water partition coefficient (Wildman–Crippen LogP) is 2.01. The Morgan fingerprint density at radius 2 is 1.58 bits per heavy atom. The molecular formula is C19H24N2O5. The highest BCUT2D eigenvalue weighted by molar-refractivity contribution is 5.92. The molecule has 0 aromatic carbocycles. The number of carbonyl (C=O) groups excluding carboxylic acids is 2. The van der Waals surface area contributed by atoms with Gasteiger partial charge in [0.1, 0.15) is 0 Å². The zero-order valence-corrected chi connectivity index (χ0v) is 15.1. The lowest BCUT2D eigenvalue weighted by Crippen LogP contribution is -2.53. The van der Waals surface area contributed by atoms with E-state index in [0.717, 1.165) is 11.1 Å². The molecule has 7 heteroatoms. The number of furan rings is 1. The summed E-state index contributed by atoms with van der Waals surface area (Å²) in [6.07, 6.45) is 2.38. The molecule has 2 amide bonds. The monoisotopic (exact) mass is 360 g/mol. The topological polar surface area (TPSA) is 91.1 Å². The van der Waals surface area contributed by atoms with Gasteiger partial charge in [0.25, 0.3) is 5.91 Å². The van der Waals surface area contributed by atoms with Gasteiger partial charge in [-0.05, 0) is 38.8 Å². The number of piperazine rings is 1. The molecule has 1 saturated heterocycles. The molecule has 140 valence electrons. The zero-order valence-electron chi connectivity index (χ0n) is 15.1. The first-order chi connectivity index (χ1) is 12.4. The molecule has 3 rings (SSSR count). The van der Waals surface area contributed by atoms with Crippen LogP contribution < -0.4 is 0 Å². The fourth-order valence-electron chi connectivity index (χ4n) is 3.73. The van der Waals surface area contributed by atoms with Gasteiger partial charge in [0.2, 0.25) is 5.91 Å². The number of nitrogens with zero attached hydrogens (tertiary/aromatic N) is 2. The molecule has 0 radical (unpaired) electrons. The molecule has 0 saturated carbocycles. The molecule has 2 heterocycles. The third-order valence-electron chi connectivity index (χ3n) is 5.51. The molecule has 1 aliphatic heterocycles. The molecule has 26 heavy (non-hydrogen) atoms. The summed E-state index contributed by atoms with van der Waals surface area (Å²) >= 11 is 0. The summed E-state index contributed by atoms with van der Waals surface area (Å²) in [5, 5.41) is 9.52. The van der Waals surface area contributed by atoms with E-state index in [0.29, 0.717) is 44.8 Å². The van der Waals surface area contributed by atoms with Crippen LogP contribution in [0.15, 0.2) is 34.0 Å². The zero-order chi connectivity index (χ0) is 18.8. The van der Waals surface area contributed by atoms with Crippen LogP contribution in [0.4, 0.5) is 0 Å². The molecule has 0 spiro atoms. The van der Waals surface area contributed by atoms with E-state index in [-0.39, 0.29) is 11.8 Å². The van der Waals surface area contributed by atoms with Gasteiger partial charge >= 0.3 is 5.97 Å². The van der Waals surface area contributed by atoms with Crippen LogP contribution in [0.1, 0.15) is 37.2 Å². The molecule has 1 aromatic heterocycles. The van der Waals surface area contributed by atoms with Gasteiger partial charge in [0.15, 0.2) is 5.76 Å². The van der Waals surface area contributed by atoms with Crippen molar-refractivity contribution in [2.24, 2.45) is 11.8 Å². The summed E-state index contributed by atoms with van der Waals surface area (Å²) < 4.78 is 5.14. The first-order valence-electron chi connectivity index (χ1n) is 8.88. The minimum Gasteiger partial charge on any atom is -0.481 e. The average Bonchev–Trinajstić information content (AvgIpc) is 3.17. The van der Waals surface area contributed by atoms with Gasteiger partial charge in [-0.3, -0.25) is 14.4 Å². The Hall–Kier alpha value is -2.57. The number of aliphatic carboxylic acids is 1. The first-order valence-corrected chi connectivity index (χ1v) is 8.88. The van der Waals surface area contributed by atoms with Crippen LogP contribution in [0.3, 0.4) is 0 Å². The standard InChI is InChI=1S/C19H24N2O5/c1-12-10-14(15(19(24)25)11-13(12)2)17(22)20-5-7-21(8-6-20)18(23)16-4-3-9-26-16/h3-4,9,14-15H,5-8,10-11H2,1-2H3,(H,24,25)/t14-,15+/m0/s1. The molecule has 1 fully saturated rings. The average molecular weight is 360 g/mol. The summed E-state index contributed by atoms with van der Waals surface area (Å²) in [5.41, 5.74) is 2.17. The fourth-order valence-corrected chi connectivity index (χ4v) is 3.73. The van der Waals surface area contributed by atoms with Gasteiger partial charge in [-0.25, -0.2) is 0 Å². The highest BCUT2D eigenvalue weighted by Crippen LogP contribution is 2.35. The van der Waals surface area contributed by atoms with E-state index in [1.807, 2.05) is 13.8 Å². The van der Waals surface area contributed by atoms with E-state index >= 15 is 0 Å². The van der Waals surface area contributed by atoms with E-state index in [1.54, 1.807) is 21.9 Å². The second-order valence-electron chi connectivity index (χ2n) is 7.11. The maximum absolute atomic E-state index is 12.9. The third-order valence-corrected chi connectivity index (χ3v) is 5.51. The predicted molar refractivity (Wildman–Crippen MR) is 93.4 cm³/mol. The second kappa shape index (κ2) is 7.35. The van der Waals surface area contributed by atoms with E-state index < -0.39 is 17.8 Å². The number of carbonyl (C=O) groups is 3. The fraction of sp³-hybridized carbons (Fsp3) is 0.526. The summed E-state index contributed by atoms with van der Waals surface area (Å²) in [4.78, 5) is 40.2. The van der Waals surface area contributed by atoms with E-state index in [2.05, 4.69) is 0 Å². The molecule has 0 bridgehead atoms. The van der Waals surface area contributed by atoms with Crippen molar-refractivity contribution in [3.63, 3.8) is 0 Å². The minimum absolute atomic E-state index is 0.116. The van der Waals surface area contributed by atoms with Crippen molar-refractivity contribution in [2.75, 3.05) is 26.2 Å². The number of amides is 2. The van der Waals surface area contributed by atoms with Crippen molar-refractivity contribution < 1.29 is 23.9 Å². The van der Waals surface area contributed by atoms with Crippen molar-refractivity contribution in [1.82, 2.24) is 9.80 Å². The van der Waals surface area contributed by atoms with Crippen LogP contribution in [0.5, 0.6) is 0 Å². The van der Waals surface area contributed by atoms with Crippen molar-refractivity contribution in [3.05, 3.63) is 35.3 Å². The van der Waals surface area contributed by atoms with Gasteiger partial charge in [-0.1, -0.05) is 11.1 Å². The molecule has 2 atom stereocenters. The van der Waals surface area contributed by atoms with Gasteiger partial charge in [0, 0.05) is 26.2 Å². The Balaban J connectivity index is 1.64. The normalized spacial score (nSPS) is 23.9. The minimum atomic E-state index is -0.915. The molecule has 1 aromatic rings. The largest absolute Gasteiger partial charge is 0.481 e. The number of carboxylic acids is 1. The van der Waals surface area contributed by atoms with E-state index in [4.69, 9.17) is 4.42 Å². The second-order valence-corrected chi connectivity index (χ2v) is 7.11. The maximum Gasteiger partial charge on any atom is 0.307 e. The number of hydrogen-bond acceptors (Lipinski definition) is 4. The Morgan fingerprint density at radius 1 is 1.00 bits per heavy atom. The molecule has 2 aliphatic rings. The SMILES string of the molecule is CC1=C(C)C[C@@H](C(=O)O)[C@@H](C(=O)N2CCN(C(=O)c3ccco3)CC2)C1. The number of carboxylic acid groups (broad SMARTS) is 1. The lowest BCUT2D eigenvalue weighted by atomic mass is 9.76. The van der Waals surface area contributed by atoms with Crippen LogP contribution in [0.2, 0.25) is 0 Å². The Labute approximate surface area is 152 Å². The third kappa shape index (κ3) is 3.52. The highest BCUT2D eigenvalue weighted by atomic mass is 16.4. The lowest BCUT2D eigenvalue weighted by molar-refractivity contribution is -0.151. The van der Waals surface area contributed by atoms with Crippen molar-refractivity contribution in [3.8, 4) is 0 Å². The lowest BCUT2D eigenvalue weighted by Gasteiger charge is -2.38. The van der Waals surface area contributed by atoms with Crippen molar-refractivity contribution in [1.29, 1.82) is 0 Å². The summed E-state index contributed by atoms with van der Waals surface area (Å²) in [6.45, 7) is 5.57. The summed E-state index contributed by atoms with van der Waals surface area (Å²) in [5.74, 6) is -2.12. The first kappa shape index (κ1) is 18.2. The van der Waals surface area contributed by atoms with Crippen LogP contribution in [0.25, 0.3) is 0 Å². The Kier molecular flexibility index (Phi) is 5.15. The van der Waals surface area contributed by atoms with Crippen LogP contribution >= 0.6 is 0 Å². The molecule has 7 nitrogen and oxygen atoms in total. The number of allylic oxidation sites excluding steroid dienone is 2. The molecule has 1 N–H and O–H groups in total. The maximum atomic E-state index is 12.9. The van der Waals surface area contributed by atoms with Crippen LogP contribution in [-0.2, 0) is 9.59 Å². The van der Waals surface area contributed by atoms with Crippen LogP contribution in [-0.4, -0.2) is 58.9 Å². The number of hydrogen-bond donors (Lipinski definition) is 1. The smallest absolute Gasteiger partial charge is 0.307 e. The van der Waals surface area contributed by atoms with Crippen LogP contribution in [0, 0.1) is 11.8 Å². The van der Waals surface area contributed by atoms with E-state index in [1.165, 1.54) is 6.26 Å². The van der Waals surface area contributed by atoms with Crippen molar-refractivity contribution in [2.45, 2.75) is 26.7 Å². The Bertz CT molecular complexity index is 729. The Morgan fingerprint density at radius 3 is 2.12 bits per heavy atom. The van der Waals surface area contributed by atoms with Gasteiger partial charge in [-0.2, -0.15) is 0 Å². The molecule has 0 unspecified atom stereocenters. The summed E-state index contributed by atoms with van der Waals surface area (Å²) in [7, 11) is 0. The van der Waals surface area contributed by atoms with Gasteiger partial charge in [0.05, 0.1) is 18.1 Å². The van der Waals surface area contributed by atoms with E-state index in [9.17, 15) is 19.5 Å². The van der Waals surface area contributed by atoms with Gasteiger partial charge < -0.3 is 19.3 Å². The van der Waals surface area contributed by atoms with Crippen molar-refractivity contribution >= 4 is 17.8 Å². The van der Waals surface area contributed by atoms with Gasteiger partial charge in [-0.15, -0.1) is 0 Å². The molecule has 1 aliphatic carbocycles. The quantitative estimate of drug-likeness (QED) is 0.833.